The summed E-state index contributed by atoms with van der Waals surface area (Å²) in [7, 11) is -3.41. The lowest BCUT2D eigenvalue weighted by Crippen LogP contribution is -2.32. The molecule has 19 heavy (non-hydrogen) atoms. The van der Waals surface area contributed by atoms with Gasteiger partial charge in [0.05, 0.1) is 11.0 Å². The Kier molecular flexibility index (Phi) is 5.22. The molecule has 2 rings (SSSR count). The Morgan fingerprint density at radius 1 is 1.16 bits per heavy atom. The van der Waals surface area contributed by atoms with Crippen molar-refractivity contribution in [3.05, 3.63) is 27.8 Å². The van der Waals surface area contributed by atoms with E-state index in [1.807, 2.05) is 0 Å². The summed E-state index contributed by atoms with van der Waals surface area (Å²) in [6.45, 7) is 0.459. The number of hydrogen-bond donors (Lipinski definition) is 2. The monoisotopic (exact) mass is 395 g/mol. The van der Waals surface area contributed by atoms with Crippen LogP contribution in [-0.2, 0) is 10.0 Å². The number of aliphatic hydroxyl groups is 1. The molecule has 0 bridgehead atoms. The SMILES string of the molecule is O=S(=O)(NCC1CCC(O)CC1)c1ccc(I)cc1. The molecule has 0 heterocycles. The third kappa shape index (κ3) is 4.40. The molecule has 1 saturated carbocycles. The quantitative estimate of drug-likeness (QED) is 0.768. The Hall–Kier alpha value is -0.180. The maximum atomic E-state index is 12.1. The summed E-state index contributed by atoms with van der Waals surface area (Å²) in [5.41, 5.74) is 0. The number of nitrogens with one attached hydrogen (secondary N) is 1. The first-order valence-corrected chi connectivity index (χ1v) is 8.97. The third-order valence-corrected chi connectivity index (χ3v) is 5.66. The summed E-state index contributed by atoms with van der Waals surface area (Å²) in [6.07, 6.45) is 3.11. The highest BCUT2D eigenvalue weighted by Crippen LogP contribution is 2.24. The normalized spacial score (nSPS) is 24.3. The van der Waals surface area contributed by atoms with E-state index in [-0.39, 0.29) is 6.10 Å². The average molecular weight is 395 g/mol. The van der Waals surface area contributed by atoms with Crippen LogP contribution < -0.4 is 4.72 Å². The molecule has 0 saturated heterocycles. The van der Waals surface area contributed by atoms with Crippen LogP contribution in [-0.4, -0.2) is 26.2 Å². The molecule has 1 aliphatic rings. The Balaban J connectivity index is 1.92. The minimum Gasteiger partial charge on any atom is -0.393 e. The van der Waals surface area contributed by atoms with E-state index in [1.54, 1.807) is 24.3 Å². The van der Waals surface area contributed by atoms with Crippen molar-refractivity contribution in [3.8, 4) is 0 Å². The van der Waals surface area contributed by atoms with Crippen molar-refractivity contribution < 1.29 is 13.5 Å². The van der Waals surface area contributed by atoms with Crippen LogP contribution in [0.4, 0.5) is 0 Å². The summed E-state index contributed by atoms with van der Waals surface area (Å²) in [6, 6.07) is 6.81. The Bertz CT molecular complexity index is 507. The molecule has 1 aliphatic carbocycles. The van der Waals surface area contributed by atoms with Crippen LogP contribution in [0.3, 0.4) is 0 Å². The first-order valence-electron chi connectivity index (χ1n) is 6.40. The van der Waals surface area contributed by atoms with Crippen LogP contribution in [0.2, 0.25) is 0 Å². The molecule has 0 amide bonds. The minimum absolute atomic E-state index is 0.205. The second-order valence-electron chi connectivity index (χ2n) is 4.98. The topological polar surface area (TPSA) is 66.4 Å². The van der Waals surface area contributed by atoms with Crippen molar-refractivity contribution in [1.29, 1.82) is 0 Å². The lowest BCUT2D eigenvalue weighted by atomic mass is 9.88. The van der Waals surface area contributed by atoms with E-state index in [0.29, 0.717) is 17.4 Å². The fourth-order valence-electron chi connectivity index (χ4n) is 2.27. The van der Waals surface area contributed by atoms with Crippen LogP contribution in [0.5, 0.6) is 0 Å². The Morgan fingerprint density at radius 3 is 2.32 bits per heavy atom. The van der Waals surface area contributed by atoms with E-state index in [1.165, 1.54) is 0 Å². The van der Waals surface area contributed by atoms with Gasteiger partial charge in [0, 0.05) is 10.1 Å². The number of aliphatic hydroxyl groups excluding tert-OH is 1. The van der Waals surface area contributed by atoms with Crippen molar-refractivity contribution in [2.45, 2.75) is 36.7 Å². The number of sulfonamides is 1. The molecular weight excluding hydrogens is 377 g/mol. The lowest BCUT2D eigenvalue weighted by Gasteiger charge is -2.25. The second kappa shape index (κ2) is 6.51. The van der Waals surface area contributed by atoms with Crippen molar-refractivity contribution in [2.75, 3.05) is 6.54 Å². The molecule has 4 nitrogen and oxygen atoms in total. The highest BCUT2D eigenvalue weighted by atomic mass is 127. The lowest BCUT2D eigenvalue weighted by molar-refractivity contribution is 0.109. The third-order valence-electron chi connectivity index (χ3n) is 3.50. The molecular formula is C13H18INO3S. The molecule has 0 aliphatic heterocycles. The van der Waals surface area contributed by atoms with Gasteiger partial charge in [0.15, 0.2) is 0 Å². The summed E-state index contributed by atoms with van der Waals surface area (Å²) in [4.78, 5) is 0.309. The Morgan fingerprint density at radius 2 is 1.74 bits per heavy atom. The van der Waals surface area contributed by atoms with Gasteiger partial charge in [0.25, 0.3) is 0 Å². The summed E-state index contributed by atoms with van der Waals surface area (Å²) < 4.78 is 27.9. The molecule has 0 unspecified atom stereocenters. The van der Waals surface area contributed by atoms with Crippen LogP contribution in [0, 0.1) is 9.49 Å². The fraction of sp³-hybridized carbons (Fsp3) is 0.538. The van der Waals surface area contributed by atoms with E-state index in [2.05, 4.69) is 27.3 Å². The maximum absolute atomic E-state index is 12.1. The molecule has 106 valence electrons. The van der Waals surface area contributed by atoms with E-state index < -0.39 is 10.0 Å². The van der Waals surface area contributed by atoms with E-state index in [0.717, 1.165) is 29.3 Å². The molecule has 1 fully saturated rings. The first-order chi connectivity index (χ1) is 8.97. The van der Waals surface area contributed by atoms with E-state index in [9.17, 15) is 13.5 Å². The van der Waals surface area contributed by atoms with Crippen LogP contribution in [0.25, 0.3) is 0 Å². The smallest absolute Gasteiger partial charge is 0.240 e. The van der Waals surface area contributed by atoms with Gasteiger partial charge in [-0.1, -0.05) is 0 Å². The van der Waals surface area contributed by atoms with Gasteiger partial charge in [-0.2, -0.15) is 0 Å². The molecule has 6 heteroatoms. The predicted octanol–water partition coefficient (Wildman–Crippen LogP) is 2.12. The number of hydrogen-bond acceptors (Lipinski definition) is 3. The molecule has 0 aromatic heterocycles. The number of halogens is 1. The predicted molar refractivity (Wildman–Crippen MR) is 82.3 cm³/mol. The van der Waals surface area contributed by atoms with Crippen molar-refractivity contribution >= 4 is 32.6 Å². The van der Waals surface area contributed by atoms with Crippen LogP contribution in [0.15, 0.2) is 29.2 Å². The highest BCUT2D eigenvalue weighted by Gasteiger charge is 2.21. The van der Waals surface area contributed by atoms with Gasteiger partial charge in [-0.15, -0.1) is 0 Å². The molecule has 0 atom stereocenters. The van der Waals surface area contributed by atoms with Crippen LogP contribution in [0.1, 0.15) is 25.7 Å². The largest absolute Gasteiger partial charge is 0.393 e. The summed E-state index contributed by atoms with van der Waals surface area (Å²) in [5, 5.41) is 9.42. The van der Waals surface area contributed by atoms with Gasteiger partial charge in [-0.25, -0.2) is 13.1 Å². The van der Waals surface area contributed by atoms with Crippen molar-refractivity contribution in [1.82, 2.24) is 4.72 Å². The summed E-state index contributed by atoms with van der Waals surface area (Å²) >= 11 is 2.14. The van der Waals surface area contributed by atoms with Gasteiger partial charge < -0.3 is 5.11 Å². The molecule has 1 aromatic rings. The van der Waals surface area contributed by atoms with Gasteiger partial charge in [-0.05, 0) is 78.5 Å². The van der Waals surface area contributed by atoms with E-state index >= 15 is 0 Å². The molecule has 1 aromatic carbocycles. The molecule has 0 spiro atoms. The van der Waals surface area contributed by atoms with E-state index in [4.69, 9.17) is 0 Å². The van der Waals surface area contributed by atoms with Gasteiger partial charge in [0.2, 0.25) is 10.0 Å². The Labute approximate surface area is 127 Å². The summed E-state index contributed by atoms with van der Waals surface area (Å²) in [5.74, 6) is 0.335. The zero-order valence-electron chi connectivity index (χ0n) is 10.5. The number of rotatable bonds is 4. The molecule has 0 radical (unpaired) electrons. The second-order valence-corrected chi connectivity index (χ2v) is 7.99. The van der Waals surface area contributed by atoms with Gasteiger partial charge in [0.1, 0.15) is 0 Å². The highest BCUT2D eigenvalue weighted by molar-refractivity contribution is 14.1. The van der Waals surface area contributed by atoms with Crippen LogP contribution >= 0.6 is 22.6 Å². The molecule has 2 N–H and O–H groups in total. The average Bonchev–Trinajstić information content (AvgIpc) is 2.39. The van der Waals surface area contributed by atoms with Gasteiger partial charge >= 0.3 is 0 Å². The maximum Gasteiger partial charge on any atom is 0.240 e. The first kappa shape index (κ1) is 15.2. The zero-order chi connectivity index (χ0) is 13.9. The van der Waals surface area contributed by atoms with Crippen molar-refractivity contribution in [3.63, 3.8) is 0 Å². The van der Waals surface area contributed by atoms with Gasteiger partial charge in [-0.3, -0.25) is 0 Å². The minimum atomic E-state index is -3.41. The number of benzene rings is 1. The standard InChI is InChI=1S/C13H18INO3S/c14-11-3-7-13(8-4-11)19(17,18)15-9-10-1-5-12(16)6-2-10/h3-4,7-8,10,12,15-16H,1-2,5-6,9H2. The zero-order valence-corrected chi connectivity index (χ0v) is 13.5. The van der Waals surface area contributed by atoms with Crippen molar-refractivity contribution in [2.24, 2.45) is 5.92 Å². The fourth-order valence-corrected chi connectivity index (χ4v) is 3.75.